The van der Waals surface area contributed by atoms with Crippen molar-refractivity contribution in [2.45, 2.75) is 18.4 Å². The van der Waals surface area contributed by atoms with E-state index in [1.165, 1.54) is 17.7 Å². The molecule has 3 aliphatic rings. The van der Waals surface area contributed by atoms with Crippen LogP contribution >= 0.6 is 23.2 Å². The molecular weight excluding hydrogens is 627 g/mol. The molecule has 0 unspecified atom stereocenters. The SMILES string of the molecule is CN1CCNC1=Nc1ccc(N2CCN(c3ccc(OC[C@@H]4CO[C@@](Cn5cncn5)(c5ccc(Cl)cc5Cl)O4)cc3)CC2)cc1. The summed E-state index contributed by atoms with van der Waals surface area (Å²) in [5.41, 5.74) is 4.04. The molecule has 4 heterocycles. The molecule has 4 aromatic rings. The molecule has 13 heteroatoms. The largest absolute Gasteiger partial charge is 0.491 e. The van der Waals surface area contributed by atoms with E-state index < -0.39 is 5.79 Å². The van der Waals surface area contributed by atoms with E-state index in [0.29, 0.717) is 28.8 Å². The van der Waals surface area contributed by atoms with E-state index in [-0.39, 0.29) is 12.6 Å². The van der Waals surface area contributed by atoms with Gasteiger partial charge in [0.05, 0.1) is 17.3 Å². The number of nitrogens with zero attached hydrogens (tertiary/aromatic N) is 7. The van der Waals surface area contributed by atoms with Crippen LogP contribution in [0.5, 0.6) is 5.75 Å². The van der Waals surface area contributed by atoms with Crippen LogP contribution in [0.3, 0.4) is 0 Å². The van der Waals surface area contributed by atoms with E-state index in [2.05, 4.69) is 73.5 Å². The number of hydrogen-bond donors (Lipinski definition) is 1. The number of anilines is 2. The molecule has 46 heavy (non-hydrogen) atoms. The molecular formula is C33H36Cl2N8O3. The quantitative estimate of drug-likeness (QED) is 0.272. The summed E-state index contributed by atoms with van der Waals surface area (Å²) in [5, 5.41) is 8.55. The Hall–Kier alpha value is -4.03. The Morgan fingerprint density at radius 2 is 1.67 bits per heavy atom. The van der Waals surface area contributed by atoms with Gasteiger partial charge in [-0.1, -0.05) is 29.3 Å². The highest BCUT2D eigenvalue weighted by Gasteiger charge is 2.45. The average Bonchev–Trinajstić information content (AvgIpc) is 3.84. The summed E-state index contributed by atoms with van der Waals surface area (Å²) in [6.45, 7) is 6.63. The van der Waals surface area contributed by atoms with Crippen molar-refractivity contribution < 1.29 is 14.2 Å². The van der Waals surface area contributed by atoms with Crippen LogP contribution in [-0.2, 0) is 21.8 Å². The van der Waals surface area contributed by atoms with Gasteiger partial charge in [-0.25, -0.2) is 14.7 Å². The fraction of sp³-hybridized carbons (Fsp3) is 0.364. The second-order valence-corrected chi connectivity index (χ2v) is 12.4. The van der Waals surface area contributed by atoms with Gasteiger partial charge in [-0.2, -0.15) is 5.10 Å². The molecule has 3 aromatic carbocycles. The smallest absolute Gasteiger partial charge is 0.217 e. The summed E-state index contributed by atoms with van der Waals surface area (Å²) in [5.74, 6) is 0.557. The van der Waals surface area contributed by atoms with Crippen LogP contribution in [0.15, 0.2) is 84.4 Å². The topological polar surface area (TPSA) is 92.5 Å². The zero-order valence-electron chi connectivity index (χ0n) is 25.6. The van der Waals surface area contributed by atoms with Crippen molar-refractivity contribution in [2.24, 2.45) is 4.99 Å². The minimum Gasteiger partial charge on any atom is -0.491 e. The van der Waals surface area contributed by atoms with Crippen LogP contribution in [0, 0.1) is 0 Å². The first-order valence-corrected chi connectivity index (χ1v) is 16.2. The van der Waals surface area contributed by atoms with Gasteiger partial charge in [-0.3, -0.25) is 0 Å². The van der Waals surface area contributed by atoms with Crippen molar-refractivity contribution in [3.05, 3.63) is 95.0 Å². The number of aliphatic imine (C=N–C) groups is 1. The predicted molar refractivity (Wildman–Crippen MR) is 180 cm³/mol. The van der Waals surface area contributed by atoms with Crippen molar-refractivity contribution in [2.75, 3.05) is 69.3 Å². The van der Waals surface area contributed by atoms with Gasteiger partial charge in [0.25, 0.3) is 0 Å². The lowest BCUT2D eigenvalue weighted by molar-refractivity contribution is -0.190. The number of halogens is 2. The molecule has 1 aromatic heterocycles. The van der Waals surface area contributed by atoms with Crippen LogP contribution in [0.1, 0.15) is 5.56 Å². The van der Waals surface area contributed by atoms with E-state index in [0.717, 1.165) is 56.7 Å². The third-order valence-corrected chi connectivity index (χ3v) is 9.04. The molecule has 0 saturated carbocycles. The molecule has 3 saturated heterocycles. The normalized spacial score (nSPS) is 22.5. The number of guanidine groups is 1. The minimum absolute atomic E-state index is 0.281. The third kappa shape index (κ3) is 6.73. The lowest BCUT2D eigenvalue weighted by Crippen LogP contribution is -2.46. The number of likely N-dealkylation sites (N-methyl/N-ethyl adjacent to an activating group) is 1. The van der Waals surface area contributed by atoms with Gasteiger partial charge in [-0.05, 0) is 60.7 Å². The van der Waals surface area contributed by atoms with Gasteiger partial charge < -0.3 is 34.2 Å². The Bertz CT molecular complexity index is 1650. The number of rotatable bonds is 9. The summed E-state index contributed by atoms with van der Waals surface area (Å²) < 4.78 is 20.5. The Labute approximate surface area is 278 Å². The summed E-state index contributed by atoms with van der Waals surface area (Å²) in [6, 6.07) is 22.0. The van der Waals surface area contributed by atoms with Crippen LogP contribution in [0.25, 0.3) is 0 Å². The molecule has 1 N–H and O–H groups in total. The number of benzene rings is 3. The number of piperazine rings is 1. The van der Waals surface area contributed by atoms with E-state index in [9.17, 15) is 0 Å². The van der Waals surface area contributed by atoms with Crippen LogP contribution in [0.2, 0.25) is 10.0 Å². The van der Waals surface area contributed by atoms with Crippen LogP contribution in [0.4, 0.5) is 17.1 Å². The second-order valence-electron chi connectivity index (χ2n) is 11.6. The Morgan fingerprint density at radius 1 is 0.957 bits per heavy atom. The van der Waals surface area contributed by atoms with Crippen molar-refractivity contribution in [1.82, 2.24) is 25.0 Å². The number of aromatic nitrogens is 3. The van der Waals surface area contributed by atoms with Gasteiger partial charge in [0.2, 0.25) is 5.79 Å². The predicted octanol–water partition coefficient (Wildman–Crippen LogP) is 4.78. The van der Waals surface area contributed by atoms with Gasteiger partial charge in [0.1, 0.15) is 37.7 Å². The molecule has 2 atom stereocenters. The molecule has 3 aliphatic heterocycles. The molecule has 7 rings (SSSR count). The Kier molecular flexibility index (Phi) is 8.90. The first-order chi connectivity index (χ1) is 22.4. The Morgan fingerprint density at radius 3 is 2.30 bits per heavy atom. The highest BCUT2D eigenvalue weighted by molar-refractivity contribution is 6.35. The second kappa shape index (κ2) is 13.4. The van der Waals surface area contributed by atoms with Crippen molar-refractivity contribution >= 4 is 46.2 Å². The van der Waals surface area contributed by atoms with E-state index in [4.69, 9.17) is 42.4 Å². The van der Waals surface area contributed by atoms with Crippen molar-refractivity contribution in [3.8, 4) is 5.75 Å². The summed E-state index contributed by atoms with van der Waals surface area (Å²) >= 11 is 12.7. The molecule has 240 valence electrons. The number of nitrogens with one attached hydrogen (secondary N) is 1. The lowest BCUT2D eigenvalue weighted by atomic mass is 10.1. The van der Waals surface area contributed by atoms with Crippen molar-refractivity contribution in [3.63, 3.8) is 0 Å². The van der Waals surface area contributed by atoms with Crippen LogP contribution in [-0.4, -0.2) is 91.3 Å². The van der Waals surface area contributed by atoms with Crippen molar-refractivity contribution in [1.29, 1.82) is 0 Å². The first kappa shape index (κ1) is 30.6. The maximum atomic E-state index is 6.58. The molecule has 11 nitrogen and oxygen atoms in total. The zero-order valence-corrected chi connectivity index (χ0v) is 27.1. The van der Waals surface area contributed by atoms with E-state index >= 15 is 0 Å². The molecule has 0 bridgehead atoms. The molecule has 0 aliphatic carbocycles. The Balaban J connectivity index is 0.921. The van der Waals surface area contributed by atoms with E-state index in [1.54, 1.807) is 23.1 Å². The maximum Gasteiger partial charge on any atom is 0.217 e. The zero-order chi connectivity index (χ0) is 31.5. The monoisotopic (exact) mass is 662 g/mol. The van der Waals surface area contributed by atoms with Gasteiger partial charge >= 0.3 is 0 Å². The average molecular weight is 664 g/mol. The summed E-state index contributed by atoms with van der Waals surface area (Å²) in [4.78, 5) is 15.7. The number of hydrogen-bond acceptors (Lipinski definition) is 8. The standard InChI is InChI=1S/C33H36Cl2N8O3/c1-40-13-12-37-32(40)39-25-3-5-26(6-4-25)41-14-16-42(17-15-41)27-7-9-28(10-8-27)44-19-29-20-45-33(46-29,21-43-23-36-22-38-43)30-11-2-24(34)18-31(30)35/h2-11,18,22-23,29H,12-17,19-21H2,1H3,(H,37,39)/t29-,33-/m1/s1. The minimum atomic E-state index is -1.14. The van der Waals surface area contributed by atoms with Gasteiger partial charge in [0, 0.05) is 68.3 Å². The van der Waals surface area contributed by atoms with E-state index in [1.807, 2.05) is 18.2 Å². The van der Waals surface area contributed by atoms with Crippen LogP contribution < -0.4 is 19.9 Å². The number of ether oxygens (including phenoxy) is 3. The molecule has 0 amide bonds. The van der Waals surface area contributed by atoms with Gasteiger partial charge in [0.15, 0.2) is 5.96 Å². The van der Waals surface area contributed by atoms with Gasteiger partial charge in [-0.15, -0.1) is 0 Å². The summed E-state index contributed by atoms with van der Waals surface area (Å²) in [6.07, 6.45) is 2.77. The lowest BCUT2D eigenvalue weighted by Gasteiger charge is -2.37. The highest BCUT2D eigenvalue weighted by atomic mass is 35.5. The molecule has 0 spiro atoms. The first-order valence-electron chi connectivity index (χ1n) is 15.4. The molecule has 0 radical (unpaired) electrons. The highest BCUT2D eigenvalue weighted by Crippen LogP contribution is 2.40. The summed E-state index contributed by atoms with van der Waals surface area (Å²) in [7, 11) is 2.06. The maximum absolute atomic E-state index is 6.58. The fourth-order valence-corrected chi connectivity index (χ4v) is 6.56. The third-order valence-electron chi connectivity index (χ3n) is 8.50. The fourth-order valence-electron chi connectivity index (χ4n) is 6.01. The molecule has 3 fully saturated rings.